The van der Waals surface area contributed by atoms with Gasteiger partial charge in [-0.3, -0.25) is 0 Å². The van der Waals surface area contributed by atoms with Gasteiger partial charge < -0.3 is 4.74 Å². The molecule has 17 heavy (non-hydrogen) atoms. The minimum absolute atomic E-state index is 0.105. The lowest BCUT2D eigenvalue weighted by Crippen LogP contribution is -2.03. The molecule has 0 bridgehead atoms. The molecule has 0 heterocycles. The zero-order valence-electron chi connectivity index (χ0n) is 10.2. The highest BCUT2D eigenvalue weighted by atomic mass is 35.7. The van der Waals surface area contributed by atoms with E-state index in [-0.39, 0.29) is 4.90 Å². The molecule has 1 rings (SSSR count). The van der Waals surface area contributed by atoms with Crippen LogP contribution in [0.4, 0.5) is 0 Å². The van der Waals surface area contributed by atoms with Gasteiger partial charge in [0.1, 0.15) is 5.75 Å². The highest BCUT2D eigenvalue weighted by Crippen LogP contribution is 2.24. The van der Waals surface area contributed by atoms with E-state index >= 15 is 0 Å². The third-order valence-corrected chi connectivity index (χ3v) is 3.73. The maximum atomic E-state index is 11.1. The highest BCUT2D eigenvalue weighted by molar-refractivity contribution is 8.13. The highest BCUT2D eigenvalue weighted by Gasteiger charge is 2.11. The lowest BCUT2D eigenvalue weighted by atomic mass is 10.1. The van der Waals surface area contributed by atoms with Crippen LogP contribution >= 0.6 is 10.7 Å². The minimum Gasteiger partial charge on any atom is -0.493 e. The zero-order chi connectivity index (χ0) is 13.1. The number of hydrogen-bond donors (Lipinski definition) is 0. The first-order chi connectivity index (χ1) is 7.80. The molecule has 0 spiro atoms. The summed E-state index contributed by atoms with van der Waals surface area (Å²) in [5, 5.41) is 0. The molecule has 0 atom stereocenters. The van der Waals surface area contributed by atoms with Gasteiger partial charge in [-0.25, -0.2) is 8.42 Å². The predicted octanol–water partition coefficient (Wildman–Crippen LogP) is 3.35. The van der Waals surface area contributed by atoms with E-state index in [1.807, 2.05) is 0 Å². The van der Waals surface area contributed by atoms with Gasteiger partial charge in [-0.05, 0) is 43.0 Å². The van der Waals surface area contributed by atoms with E-state index < -0.39 is 9.05 Å². The maximum Gasteiger partial charge on any atom is 0.261 e. The molecule has 3 nitrogen and oxygen atoms in total. The Bertz CT molecular complexity index is 481. The largest absolute Gasteiger partial charge is 0.493 e. The van der Waals surface area contributed by atoms with E-state index in [0.717, 1.165) is 12.0 Å². The van der Waals surface area contributed by atoms with E-state index in [2.05, 4.69) is 13.8 Å². The van der Waals surface area contributed by atoms with Crippen LogP contribution in [-0.2, 0) is 9.05 Å². The monoisotopic (exact) mass is 276 g/mol. The van der Waals surface area contributed by atoms with Crippen molar-refractivity contribution in [1.82, 2.24) is 0 Å². The molecular formula is C12H17ClO3S. The van der Waals surface area contributed by atoms with Crippen molar-refractivity contribution in [2.45, 2.75) is 32.1 Å². The predicted molar refractivity (Wildman–Crippen MR) is 69.2 cm³/mol. The van der Waals surface area contributed by atoms with Crippen LogP contribution in [0.2, 0.25) is 0 Å². The van der Waals surface area contributed by atoms with E-state index in [1.165, 1.54) is 12.1 Å². The molecule has 0 aliphatic heterocycles. The first-order valence-electron chi connectivity index (χ1n) is 5.49. The van der Waals surface area contributed by atoms with Crippen LogP contribution in [0.15, 0.2) is 23.1 Å². The second-order valence-corrected chi connectivity index (χ2v) is 6.96. The Balaban J connectivity index is 2.77. The van der Waals surface area contributed by atoms with Gasteiger partial charge in [0.05, 0.1) is 11.5 Å². The van der Waals surface area contributed by atoms with Gasteiger partial charge in [0.2, 0.25) is 0 Å². The summed E-state index contributed by atoms with van der Waals surface area (Å²) < 4.78 is 27.8. The third-order valence-electron chi connectivity index (χ3n) is 2.38. The van der Waals surface area contributed by atoms with Crippen molar-refractivity contribution < 1.29 is 13.2 Å². The number of hydrogen-bond acceptors (Lipinski definition) is 3. The average Bonchev–Trinajstić information content (AvgIpc) is 2.18. The maximum absolute atomic E-state index is 11.1. The number of benzene rings is 1. The van der Waals surface area contributed by atoms with Gasteiger partial charge in [0, 0.05) is 10.7 Å². The first-order valence-corrected chi connectivity index (χ1v) is 7.79. The quantitative estimate of drug-likeness (QED) is 0.775. The summed E-state index contributed by atoms with van der Waals surface area (Å²) in [5.74, 6) is 1.28. The Kier molecular flexibility index (Phi) is 4.83. The van der Waals surface area contributed by atoms with Crippen LogP contribution in [-0.4, -0.2) is 15.0 Å². The molecule has 0 radical (unpaired) electrons. The SMILES string of the molecule is Cc1cc(S(=O)(=O)Cl)ccc1OCCC(C)C. The number of rotatable bonds is 5. The van der Waals surface area contributed by atoms with Gasteiger partial charge in [-0.1, -0.05) is 13.8 Å². The molecule has 1 aromatic carbocycles. The van der Waals surface area contributed by atoms with Crippen molar-refractivity contribution in [3.8, 4) is 5.75 Å². The lowest BCUT2D eigenvalue weighted by molar-refractivity contribution is 0.287. The van der Waals surface area contributed by atoms with Crippen molar-refractivity contribution in [1.29, 1.82) is 0 Å². The van der Waals surface area contributed by atoms with Gasteiger partial charge >= 0.3 is 0 Å². The third kappa shape index (κ3) is 4.56. The van der Waals surface area contributed by atoms with E-state index in [9.17, 15) is 8.42 Å². The van der Waals surface area contributed by atoms with Crippen LogP contribution in [0.25, 0.3) is 0 Å². The molecule has 0 aliphatic carbocycles. The molecule has 0 saturated heterocycles. The van der Waals surface area contributed by atoms with Crippen molar-refractivity contribution in [2.75, 3.05) is 6.61 Å². The van der Waals surface area contributed by atoms with Gasteiger partial charge in [0.15, 0.2) is 0 Å². The number of halogens is 1. The molecule has 1 aromatic rings. The fourth-order valence-electron chi connectivity index (χ4n) is 1.34. The molecule has 0 unspecified atom stereocenters. The van der Waals surface area contributed by atoms with Gasteiger partial charge in [-0.15, -0.1) is 0 Å². The molecule has 0 saturated carbocycles. The van der Waals surface area contributed by atoms with Crippen molar-refractivity contribution in [3.63, 3.8) is 0 Å². The van der Waals surface area contributed by atoms with Crippen molar-refractivity contribution in [2.24, 2.45) is 5.92 Å². The Hall–Kier alpha value is -0.740. The fraction of sp³-hybridized carbons (Fsp3) is 0.500. The van der Waals surface area contributed by atoms with E-state index in [0.29, 0.717) is 18.3 Å². The molecule has 0 N–H and O–H groups in total. The Morgan fingerprint density at radius 3 is 2.47 bits per heavy atom. The zero-order valence-corrected chi connectivity index (χ0v) is 11.8. The summed E-state index contributed by atoms with van der Waals surface area (Å²) in [4.78, 5) is 0.105. The Morgan fingerprint density at radius 1 is 1.35 bits per heavy atom. The van der Waals surface area contributed by atoms with Crippen LogP contribution in [0, 0.1) is 12.8 Å². The van der Waals surface area contributed by atoms with Crippen molar-refractivity contribution >= 4 is 19.7 Å². The fourth-order valence-corrected chi connectivity index (χ4v) is 2.18. The second kappa shape index (κ2) is 5.74. The number of aryl methyl sites for hydroxylation is 1. The molecule has 0 aromatic heterocycles. The summed E-state index contributed by atoms with van der Waals surface area (Å²) in [6.07, 6.45) is 0.967. The molecule has 0 aliphatic rings. The summed E-state index contributed by atoms with van der Waals surface area (Å²) in [6.45, 7) is 6.68. The lowest BCUT2D eigenvalue weighted by Gasteiger charge is -2.11. The summed E-state index contributed by atoms with van der Waals surface area (Å²) >= 11 is 0. The van der Waals surface area contributed by atoms with Crippen molar-refractivity contribution in [3.05, 3.63) is 23.8 Å². The minimum atomic E-state index is -3.66. The van der Waals surface area contributed by atoms with Crippen LogP contribution in [0.3, 0.4) is 0 Å². The topological polar surface area (TPSA) is 43.4 Å². The normalized spacial score (nSPS) is 11.8. The molecule has 0 fully saturated rings. The molecule has 5 heteroatoms. The van der Waals surface area contributed by atoms with Crippen LogP contribution < -0.4 is 4.74 Å². The summed E-state index contributed by atoms with van der Waals surface area (Å²) in [5.41, 5.74) is 0.774. The summed E-state index contributed by atoms with van der Waals surface area (Å²) in [7, 11) is 1.60. The Morgan fingerprint density at radius 2 is 2.00 bits per heavy atom. The van der Waals surface area contributed by atoms with Gasteiger partial charge in [0.25, 0.3) is 9.05 Å². The van der Waals surface area contributed by atoms with E-state index in [1.54, 1.807) is 13.0 Å². The first kappa shape index (κ1) is 14.3. The van der Waals surface area contributed by atoms with Gasteiger partial charge in [-0.2, -0.15) is 0 Å². The molecule has 96 valence electrons. The molecule has 0 amide bonds. The van der Waals surface area contributed by atoms with Crippen LogP contribution in [0.5, 0.6) is 5.75 Å². The smallest absolute Gasteiger partial charge is 0.261 e. The average molecular weight is 277 g/mol. The Labute approximate surface area is 107 Å². The molecular weight excluding hydrogens is 260 g/mol. The number of ether oxygens (including phenoxy) is 1. The van der Waals surface area contributed by atoms with E-state index in [4.69, 9.17) is 15.4 Å². The second-order valence-electron chi connectivity index (χ2n) is 4.40. The van der Waals surface area contributed by atoms with Crippen LogP contribution in [0.1, 0.15) is 25.8 Å². The summed E-state index contributed by atoms with van der Waals surface area (Å²) in [6, 6.07) is 4.62. The standard InChI is InChI=1S/C12H17ClO3S/c1-9(2)6-7-16-12-5-4-11(8-10(12)3)17(13,14)15/h4-5,8-9H,6-7H2,1-3H3.